The van der Waals surface area contributed by atoms with Crippen molar-refractivity contribution in [2.75, 3.05) is 61.0 Å². The number of aliphatic imine (C=N–C) groups is 1. The zero-order valence-electron chi connectivity index (χ0n) is 16.5. The number of methoxy groups -OCH3 is 1. The predicted octanol–water partition coefficient (Wildman–Crippen LogP) is 0.722. The van der Waals surface area contributed by atoms with Crippen molar-refractivity contribution >= 4 is 11.9 Å². The van der Waals surface area contributed by atoms with E-state index in [9.17, 15) is 4.79 Å². The summed E-state index contributed by atoms with van der Waals surface area (Å²) in [6.45, 7) is 4.33. The van der Waals surface area contributed by atoms with Crippen molar-refractivity contribution in [2.24, 2.45) is 4.99 Å². The highest BCUT2D eigenvalue weighted by Gasteiger charge is 2.04. The number of benzene rings is 1. The first-order valence-electron chi connectivity index (χ1n) is 9.03. The fourth-order valence-corrected chi connectivity index (χ4v) is 2.51. The van der Waals surface area contributed by atoms with E-state index in [-0.39, 0.29) is 5.91 Å². The average Bonchev–Trinajstić information content (AvgIpc) is 2.66. The maximum atomic E-state index is 11.7. The van der Waals surface area contributed by atoms with Gasteiger partial charge in [-0.05, 0) is 37.6 Å². The summed E-state index contributed by atoms with van der Waals surface area (Å²) >= 11 is 0. The molecule has 0 spiro atoms. The molecule has 0 unspecified atom stereocenters. The molecule has 0 fully saturated rings. The Morgan fingerprint density at radius 2 is 2.00 bits per heavy atom. The van der Waals surface area contributed by atoms with Crippen molar-refractivity contribution < 1.29 is 9.53 Å². The normalized spacial score (nSPS) is 11.5. The van der Waals surface area contributed by atoms with Gasteiger partial charge >= 0.3 is 0 Å². The van der Waals surface area contributed by atoms with Gasteiger partial charge in [0.1, 0.15) is 0 Å². The van der Waals surface area contributed by atoms with Gasteiger partial charge in [0.05, 0.1) is 0 Å². The van der Waals surface area contributed by atoms with Crippen LogP contribution in [0.2, 0.25) is 0 Å². The molecule has 3 N–H and O–H groups in total. The molecule has 0 aliphatic rings. The van der Waals surface area contributed by atoms with Crippen LogP contribution in [0.3, 0.4) is 0 Å². The molecule has 7 heteroatoms. The Bertz CT molecular complexity index is 563. The van der Waals surface area contributed by atoms with Gasteiger partial charge in [0.15, 0.2) is 5.96 Å². The SMILES string of the molecule is CN=C(NCCc1cccc(C(=O)NC)c1)NCCN(C)CCCOC. The van der Waals surface area contributed by atoms with Crippen LogP contribution in [-0.4, -0.2) is 77.8 Å². The largest absolute Gasteiger partial charge is 0.385 e. The summed E-state index contributed by atoms with van der Waals surface area (Å²) in [5.41, 5.74) is 1.80. The van der Waals surface area contributed by atoms with Crippen LogP contribution in [0.15, 0.2) is 29.3 Å². The Morgan fingerprint density at radius 3 is 2.69 bits per heavy atom. The van der Waals surface area contributed by atoms with Gasteiger partial charge in [-0.1, -0.05) is 12.1 Å². The minimum absolute atomic E-state index is 0.0631. The summed E-state index contributed by atoms with van der Waals surface area (Å²) in [6, 6.07) is 7.68. The van der Waals surface area contributed by atoms with Crippen LogP contribution >= 0.6 is 0 Å². The van der Waals surface area contributed by atoms with E-state index in [0.717, 1.165) is 57.2 Å². The van der Waals surface area contributed by atoms with Crippen molar-refractivity contribution in [3.63, 3.8) is 0 Å². The molecule has 1 amide bonds. The van der Waals surface area contributed by atoms with Gasteiger partial charge in [0, 0.05) is 59.6 Å². The van der Waals surface area contributed by atoms with E-state index in [1.165, 1.54) is 0 Å². The average molecular weight is 364 g/mol. The van der Waals surface area contributed by atoms with E-state index in [4.69, 9.17) is 4.74 Å². The van der Waals surface area contributed by atoms with E-state index < -0.39 is 0 Å². The number of nitrogens with zero attached hydrogens (tertiary/aromatic N) is 2. The number of nitrogens with one attached hydrogen (secondary N) is 3. The second-order valence-electron chi connectivity index (χ2n) is 6.10. The van der Waals surface area contributed by atoms with Gasteiger partial charge < -0.3 is 25.6 Å². The van der Waals surface area contributed by atoms with E-state index in [0.29, 0.717) is 5.56 Å². The maximum absolute atomic E-state index is 11.7. The number of guanidine groups is 1. The lowest BCUT2D eigenvalue weighted by Crippen LogP contribution is -2.41. The lowest BCUT2D eigenvalue weighted by atomic mass is 10.1. The molecule has 0 aliphatic carbocycles. The summed E-state index contributed by atoms with van der Waals surface area (Å²) in [6.07, 6.45) is 1.86. The van der Waals surface area contributed by atoms with Crippen LogP contribution in [-0.2, 0) is 11.2 Å². The Labute approximate surface area is 157 Å². The quantitative estimate of drug-likeness (QED) is 0.307. The summed E-state index contributed by atoms with van der Waals surface area (Å²) in [7, 11) is 7.24. The van der Waals surface area contributed by atoms with Crippen molar-refractivity contribution in [1.29, 1.82) is 0 Å². The zero-order valence-corrected chi connectivity index (χ0v) is 16.5. The number of amides is 1. The predicted molar refractivity (Wildman–Crippen MR) is 107 cm³/mol. The highest BCUT2D eigenvalue weighted by Crippen LogP contribution is 2.05. The van der Waals surface area contributed by atoms with E-state index in [2.05, 4.69) is 32.9 Å². The second kappa shape index (κ2) is 13.1. The Balaban J connectivity index is 2.29. The van der Waals surface area contributed by atoms with Gasteiger partial charge in [-0.25, -0.2) is 0 Å². The third-order valence-electron chi connectivity index (χ3n) is 4.02. The minimum atomic E-state index is -0.0631. The smallest absolute Gasteiger partial charge is 0.251 e. The molecule has 26 heavy (non-hydrogen) atoms. The molecular formula is C19H33N5O2. The van der Waals surface area contributed by atoms with E-state index in [1.807, 2.05) is 24.3 Å². The molecule has 0 bridgehead atoms. The van der Waals surface area contributed by atoms with Crippen LogP contribution in [0.5, 0.6) is 0 Å². The Hall–Kier alpha value is -2.12. The lowest BCUT2D eigenvalue weighted by Gasteiger charge is -2.18. The molecular weight excluding hydrogens is 330 g/mol. The Kier molecular flexibility index (Phi) is 11.1. The minimum Gasteiger partial charge on any atom is -0.385 e. The van der Waals surface area contributed by atoms with Gasteiger partial charge in [-0.2, -0.15) is 0 Å². The lowest BCUT2D eigenvalue weighted by molar-refractivity contribution is 0.0963. The molecule has 0 heterocycles. The third-order valence-corrected chi connectivity index (χ3v) is 4.02. The molecule has 0 saturated carbocycles. The molecule has 146 valence electrons. The van der Waals surface area contributed by atoms with Crippen molar-refractivity contribution in [3.05, 3.63) is 35.4 Å². The molecule has 1 rings (SSSR count). The number of carbonyl (C=O) groups is 1. The number of carbonyl (C=O) groups excluding carboxylic acids is 1. The molecule has 0 aromatic heterocycles. The van der Waals surface area contributed by atoms with E-state index in [1.54, 1.807) is 21.2 Å². The summed E-state index contributed by atoms with van der Waals surface area (Å²) < 4.78 is 5.07. The second-order valence-corrected chi connectivity index (χ2v) is 6.10. The Morgan fingerprint density at radius 1 is 1.23 bits per heavy atom. The molecule has 0 radical (unpaired) electrons. The van der Waals surface area contributed by atoms with Gasteiger partial charge in [0.2, 0.25) is 0 Å². The van der Waals surface area contributed by atoms with Crippen LogP contribution in [0.1, 0.15) is 22.3 Å². The third kappa shape index (κ3) is 8.82. The van der Waals surface area contributed by atoms with Crippen molar-refractivity contribution in [2.45, 2.75) is 12.8 Å². The first-order valence-corrected chi connectivity index (χ1v) is 9.03. The molecule has 0 atom stereocenters. The van der Waals surface area contributed by atoms with Gasteiger partial charge in [0.25, 0.3) is 5.91 Å². The topological polar surface area (TPSA) is 78.0 Å². The highest BCUT2D eigenvalue weighted by atomic mass is 16.5. The van der Waals surface area contributed by atoms with Crippen LogP contribution in [0, 0.1) is 0 Å². The highest BCUT2D eigenvalue weighted by molar-refractivity contribution is 5.94. The number of likely N-dealkylation sites (N-methyl/N-ethyl adjacent to an activating group) is 1. The van der Waals surface area contributed by atoms with Crippen LogP contribution < -0.4 is 16.0 Å². The molecule has 1 aromatic carbocycles. The molecule has 7 nitrogen and oxygen atoms in total. The van der Waals surface area contributed by atoms with Gasteiger partial charge in [-0.3, -0.25) is 9.79 Å². The standard InChI is InChI=1S/C19H33N5O2/c1-20-18(25)17-8-5-7-16(15-17)9-10-22-19(21-2)23-11-13-24(3)12-6-14-26-4/h5,7-8,15H,6,9-14H2,1-4H3,(H,20,25)(H2,21,22,23). The fourth-order valence-electron chi connectivity index (χ4n) is 2.51. The van der Waals surface area contributed by atoms with Crippen LogP contribution in [0.25, 0.3) is 0 Å². The number of hydrogen-bond acceptors (Lipinski definition) is 4. The summed E-state index contributed by atoms with van der Waals surface area (Å²) in [5.74, 6) is 0.727. The number of ether oxygens (including phenoxy) is 1. The molecule has 1 aromatic rings. The summed E-state index contributed by atoms with van der Waals surface area (Å²) in [4.78, 5) is 18.2. The fraction of sp³-hybridized carbons (Fsp3) is 0.579. The maximum Gasteiger partial charge on any atom is 0.251 e. The molecule has 0 saturated heterocycles. The number of hydrogen-bond donors (Lipinski definition) is 3. The number of rotatable bonds is 11. The first kappa shape index (κ1) is 21.9. The van der Waals surface area contributed by atoms with Crippen molar-refractivity contribution in [1.82, 2.24) is 20.9 Å². The van der Waals surface area contributed by atoms with Crippen LogP contribution in [0.4, 0.5) is 0 Å². The summed E-state index contributed by atoms with van der Waals surface area (Å²) in [5, 5.41) is 9.27. The van der Waals surface area contributed by atoms with Crippen molar-refractivity contribution in [3.8, 4) is 0 Å². The first-order chi connectivity index (χ1) is 12.6. The monoisotopic (exact) mass is 363 g/mol. The van der Waals surface area contributed by atoms with E-state index >= 15 is 0 Å². The van der Waals surface area contributed by atoms with Gasteiger partial charge in [-0.15, -0.1) is 0 Å². The molecule has 0 aliphatic heterocycles. The zero-order chi connectivity index (χ0) is 19.2.